The van der Waals surface area contributed by atoms with E-state index in [0.717, 1.165) is 10.8 Å². The predicted molar refractivity (Wildman–Crippen MR) is 143 cm³/mol. The fourth-order valence-corrected chi connectivity index (χ4v) is 6.39. The molecule has 0 saturated carbocycles. The maximum Gasteiger partial charge on any atom is 0.313 e. The highest BCUT2D eigenvalue weighted by Gasteiger charge is 2.39. The molecule has 192 valence electrons. The molecule has 1 heterocycles. The molecule has 1 aromatic heterocycles. The largest absolute Gasteiger partial charge is 0.438 e. The first-order valence-electron chi connectivity index (χ1n) is 10.8. The van der Waals surface area contributed by atoms with Crippen LogP contribution in [0.5, 0.6) is 0 Å². The van der Waals surface area contributed by atoms with Crippen LogP contribution in [0.2, 0.25) is 10.0 Å². The maximum absolute atomic E-state index is 13.7. The van der Waals surface area contributed by atoms with Gasteiger partial charge in [-0.3, -0.25) is 18.7 Å². The van der Waals surface area contributed by atoms with E-state index in [2.05, 4.69) is 5.32 Å². The molecule has 0 saturated heterocycles. The van der Waals surface area contributed by atoms with Crippen LogP contribution in [0.25, 0.3) is 16.2 Å². The molecule has 0 bridgehead atoms. The van der Waals surface area contributed by atoms with Crippen LogP contribution in [0.15, 0.2) is 48.0 Å². The van der Waals surface area contributed by atoms with Crippen molar-refractivity contribution in [3.63, 3.8) is 0 Å². The molecule has 2 unspecified atom stereocenters. The Hall–Kier alpha value is -2.22. The SMILES string of the molecule is CC(C)(C)C(=O)OCOP(C)(=O)C(C(=O)NC=Cc1cc(F)cc(Cl)c1)c1csc2ccc(Cl)cc12. The molecule has 3 rings (SSSR count). The molecule has 0 aliphatic rings. The van der Waals surface area contributed by atoms with Crippen molar-refractivity contribution < 1.29 is 27.8 Å². The van der Waals surface area contributed by atoms with Crippen molar-refractivity contribution in [2.75, 3.05) is 13.5 Å². The second kappa shape index (κ2) is 11.4. The van der Waals surface area contributed by atoms with E-state index < -0.39 is 42.9 Å². The summed E-state index contributed by atoms with van der Waals surface area (Å²) in [5, 5.41) is 5.64. The van der Waals surface area contributed by atoms with Gasteiger partial charge in [0.1, 0.15) is 11.5 Å². The zero-order valence-corrected chi connectivity index (χ0v) is 23.2. The standard InChI is InChI=1S/C25H25Cl2FNO5PS/c1-25(2,3)24(31)33-14-34-35(4,32)22(20-13-36-21-6-5-16(26)12-19(20)21)23(30)29-8-7-15-9-17(27)11-18(28)10-15/h5-13,22H,14H2,1-4H3,(H,29,30). The van der Waals surface area contributed by atoms with E-state index >= 15 is 0 Å². The van der Waals surface area contributed by atoms with Gasteiger partial charge in [-0.15, -0.1) is 11.3 Å². The van der Waals surface area contributed by atoms with Gasteiger partial charge in [-0.05, 0) is 85.1 Å². The Bertz CT molecular complexity index is 1350. The summed E-state index contributed by atoms with van der Waals surface area (Å²) in [7, 11) is -3.74. The molecule has 3 aromatic rings. The second-order valence-electron chi connectivity index (χ2n) is 9.12. The first-order chi connectivity index (χ1) is 16.8. The molecule has 0 aliphatic carbocycles. The van der Waals surface area contributed by atoms with Crippen LogP contribution in [0, 0.1) is 11.2 Å². The lowest BCUT2D eigenvalue weighted by atomic mass is 9.98. The highest BCUT2D eigenvalue weighted by Crippen LogP contribution is 2.59. The second-order valence-corrected chi connectivity index (χ2v) is 13.5. The number of esters is 1. The zero-order valence-electron chi connectivity index (χ0n) is 20.0. The number of thiophene rings is 1. The molecule has 2 atom stereocenters. The molecule has 0 spiro atoms. The van der Waals surface area contributed by atoms with Gasteiger partial charge >= 0.3 is 5.97 Å². The van der Waals surface area contributed by atoms with E-state index in [1.54, 1.807) is 44.4 Å². The minimum absolute atomic E-state index is 0.205. The Morgan fingerprint density at radius 3 is 2.56 bits per heavy atom. The van der Waals surface area contributed by atoms with Crippen LogP contribution >= 0.6 is 41.9 Å². The third-order valence-corrected chi connectivity index (χ3v) is 8.58. The summed E-state index contributed by atoms with van der Waals surface area (Å²) in [4.78, 5) is 25.4. The number of benzene rings is 2. The van der Waals surface area contributed by atoms with Crippen LogP contribution in [0.4, 0.5) is 4.39 Å². The zero-order chi connectivity index (χ0) is 26.7. The molecule has 11 heteroatoms. The topological polar surface area (TPSA) is 81.7 Å². The summed E-state index contributed by atoms with van der Waals surface area (Å²) in [6.07, 6.45) is 2.76. The average Bonchev–Trinajstić information content (AvgIpc) is 3.14. The van der Waals surface area contributed by atoms with Gasteiger partial charge in [0, 0.05) is 27.6 Å². The van der Waals surface area contributed by atoms with Crippen LogP contribution < -0.4 is 5.32 Å². The number of fused-ring (bicyclic) bond motifs is 1. The van der Waals surface area contributed by atoms with E-state index in [1.165, 1.54) is 42.4 Å². The molecule has 36 heavy (non-hydrogen) atoms. The number of ether oxygens (including phenoxy) is 1. The third-order valence-electron chi connectivity index (χ3n) is 5.08. The maximum atomic E-state index is 13.7. The highest BCUT2D eigenvalue weighted by molar-refractivity contribution is 7.59. The van der Waals surface area contributed by atoms with E-state index in [1.807, 2.05) is 0 Å². The molecule has 2 aromatic carbocycles. The first kappa shape index (κ1) is 28.4. The van der Waals surface area contributed by atoms with Crippen molar-refractivity contribution >= 4 is 69.9 Å². The molecule has 0 radical (unpaired) electrons. The predicted octanol–water partition coefficient (Wildman–Crippen LogP) is 7.65. The van der Waals surface area contributed by atoms with Crippen molar-refractivity contribution in [2.45, 2.75) is 26.4 Å². The summed E-state index contributed by atoms with van der Waals surface area (Å²) in [6, 6.07) is 9.15. The number of carbonyl (C=O) groups is 2. The van der Waals surface area contributed by atoms with Crippen LogP contribution in [0.3, 0.4) is 0 Å². The summed E-state index contributed by atoms with van der Waals surface area (Å²) >= 11 is 13.4. The molecular weight excluding hydrogens is 547 g/mol. The van der Waals surface area contributed by atoms with Crippen LogP contribution in [-0.4, -0.2) is 25.3 Å². The van der Waals surface area contributed by atoms with Gasteiger partial charge in [-0.25, -0.2) is 4.39 Å². The Balaban J connectivity index is 1.90. The lowest BCUT2D eigenvalue weighted by molar-refractivity contribution is -0.159. The summed E-state index contributed by atoms with van der Waals surface area (Å²) in [5.41, 5.74) is -1.12. The molecule has 0 fully saturated rings. The highest BCUT2D eigenvalue weighted by atomic mass is 35.5. The van der Waals surface area contributed by atoms with E-state index in [0.29, 0.717) is 21.5 Å². The van der Waals surface area contributed by atoms with E-state index in [9.17, 15) is 18.5 Å². The Morgan fingerprint density at radius 2 is 1.89 bits per heavy atom. The van der Waals surface area contributed by atoms with E-state index in [4.69, 9.17) is 32.5 Å². The number of nitrogens with one attached hydrogen (secondary N) is 1. The van der Waals surface area contributed by atoms with Crippen molar-refractivity contribution in [1.29, 1.82) is 0 Å². The third kappa shape index (κ3) is 7.17. The molecule has 6 nitrogen and oxygen atoms in total. The quantitative estimate of drug-likeness (QED) is 0.170. The van der Waals surface area contributed by atoms with Gasteiger partial charge in [0.15, 0.2) is 6.79 Å². The number of amides is 1. The van der Waals surface area contributed by atoms with Crippen molar-refractivity contribution in [3.05, 3.63) is 75.0 Å². The number of hydrogen-bond acceptors (Lipinski definition) is 6. The van der Waals surface area contributed by atoms with Gasteiger partial charge in [-0.1, -0.05) is 23.2 Å². The molecule has 0 aliphatic heterocycles. The molecule has 1 N–H and O–H groups in total. The lowest BCUT2D eigenvalue weighted by Gasteiger charge is -2.24. The minimum atomic E-state index is -3.74. The fourth-order valence-electron chi connectivity index (χ4n) is 3.29. The Labute approximate surface area is 222 Å². The van der Waals surface area contributed by atoms with E-state index in [-0.39, 0.29) is 5.02 Å². The van der Waals surface area contributed by atoms with Gasteiger partial charge < -0.3 is 10.1 Å². The van der Waals surface area contributed by atoms with Gasteiger partial charge in [0.2, 0.25) is 13.3 Å². The smallest absolute Gasteiger partial charge is 0.313 e. The lowest BCUT2D eigenvalue weighted by Crippen LogP contribution is -2.27. The van der Waals surface area contributed by atoms with Crippen molar-refractivity contribution in [3.8, 4) is 0 Å². The molecular formula is C25H25Cl2FNO5PS. The Kier molecular flexibility index (Phi) is 9.02. The van der Waals surface area contributed by atoms with Crippen molar-refractivity contribution in [2.24, 2.45) is 5.41 Å². The summed E-state index contributed by atoms with van der Waals surface area (Å²) < 4.78 is 38.8. The number of carbonyl (C=O) groups excluding carboxylic acids is 2. The van der Waals surface area contributed by atoms with Crippen LogP contribution in [-0.2, 0) is 23.4 Å². The summed E-state index contributed by atoms with van der Waals surface area (Å²) in [5.74, 6) is -1.68. The van der Waals surface area contributed by atoms with Crippen molar-refractivity contribution in [1.82, 2.24) is 5.32 Å². The van der Waals surface area contributed by atoms with Gasteiger partial charge in [-0.2, -0.15) is 0 Å². The average molecular weight is 572 g/mol. The van der Waals surface area contributed by atoms with Gasteiger partial charge in [0.25, 0.3) is 0 Å². The molecule has 1 amide bonds. The number of halogens is 3. The van der Waals surface area contributed by atoms with Gasteiger partial charge in [0.05, 0.1) is 5.41 Å². The fraction of sp³-hybridized carbons (Fsp3) is 0.280. The Morgan fingerprint density at radius 1 is 1.17 bits per heavy atom. The monoisotopic (exact) mass is 571 g/mol. The van der Waals surface area contributed by atoms with Crippen LogP contribution in [0.1, 0.15) is 37.6 Å². The first-order valence-corrected chi connectivity index (χ1v) is 14.5. The number of hydrogen-bond donors (Lipinski definition) is 1. The number of rotatable bonds is 8. The minimum Gasteiger partial charge on any atom is -0.438 e. The summed E-state index contributed by atoms with van der Waals surface area (Å²) in [6.45, 7) is 5.77. The normalized spacial score (nSPS) is 14.5.